The molecule has 0 atom stereocenters. The van der Waals surface area contributed by atoms with Gasteiger partial charge < -0.3 is 25.4 Å². The number of methoxy groups -OCH3 is 1. The summed E-state index contributed by atoms with van der Waals surface area (Å²) in [4.78, 5) is 29.2. The van der Waals surface area contributed by atoms with E-state index in [-0.39, 0.29) is 12.6 Å². The molecule has 0 aliphatic carbocycles. The van der Waals surface area contributed by atoms with Crippen LogP contribution in [0.5, 0.6) is 5.75 Å². The molecule has 0 bridgehead atoms. The van der Waals surface area contributed by atoms with Crippen molar-refractivity contribution in [3.8, 4) is 5.75 Å². The van der Waals surface area contributed by atoms with Crippen LogP contribution < -0.4 is 20.7 Å². The summed E-state index contributed by atoms with van der Waals surface area (Å²) in [6.07, 6.45) is 2.24. The minimum absolute atomic E-state index is 0.280. The van der Waals surface area contributed by atoms with Gasteiger partial charge in [-0.05, 0) is 55.3 Å². The van der Waals surface area contributed by atoms with E-state index in [2.05, 4.69) is 20.9 Å². The molecule has 0 saturated carbocycles. The van der Waals surface area contributed by atoms with Gasteiger partial charge in [0.25, 0.3) is 0 Å². The number of rotatable bonds is 9. The van der Waals surface area contributed by atoms with E-state index in [4.69, 9.17) is 9.47 Å². The predicted octanol–water partition coefficient (Wildman–Crippen LogP) is 5.72. The van der Waals surface area contributed by atoms with Crippen LogP contribution in [0.3, 0.4) is 0 Å². The Kier molecular flexibility index (Phi) is 7.97. The van der Waals surface area contributed by atoms with Crippen LogP contribution in [0.15, 0.2) is 79.0 Å². The number of esters is 1. The standard InChI is InChI=1S/C28H28N4O4/c1-3-36-27(33)24-18-30-25-17-22(35-2)13-14-23(25)26(24)29-16-15-19-9-11-21(12-10-19)32-28(34)31-20-7-5-4-6-8-20/h4-14,17-18H,3,15-16H2,1-2H3,(H,29,30)(H2,31,32,34). The number of amides is 2. The van der Waals surface area contributed by atoms with E-state index in [9.17, 15) is 9.59 Å². The molecule has 0 aliphatic rings. The van der Waals surface area contributed by atoms with E-state index in [1.165, 1.54) is 6.20 Å². The summed E-state index contributed by atoms with van der Waals surface area (Å²) < 4.78 is 10.5. The maximum atomic E-state index is 12.5. The molecule has 2 amide bonds. The van der Waals surface area contributed by atoms with E-state index in [0.717, 1.165) is 16.6 Å². The minimum atomic E-state index is -0.422. The van der Waals surface area contributed by atoms with E-state index >= 15 is 0 Å². The van der Waals surface area contributed by atoms with Crippen molar-refractivity contribution < 1.29 is 19.1 Å². The van der Waals surface area contributed by atoms with Gasteiger partial charge in [-0.1, -0.05) is 30.3 Å². The van der Waals surface area contributed by atoms with E-state index in [1.807, 2.05) is 72.8 Å². The van der Waals surface area contributed by atoms with E-state index < -0.39 is 5.97 Å². The third-order valence-corrected chi connectivity index (χ3v) is 5.53. The summed E-state index contributed by atoms with van der Waals surface area (Å²) in [6.45, 7) is 2.63. The van der Waals surface area contributed by atoms with Gasteiger partial charge in [-0.25, -0.2) is 9.59 Å². The van der Waals surface area contributed by atoms with Gasteiger partial charge in [-0.15, -0.1) is 0 Å². The minimum Gasteiger partial charge on any atom is -0.497 e. The number of nitrogens with zero attached hydrogens (tertiary/aromatic N) is 1. The predicted molar refractivity (Wildman–Crippen MR) is 142 cm³/mol. The van der Waals surface area contributed by atoms with E-state index in [0.29, 0.717) is 41.2 Å². The zero-order chi connectivity index (χ0) is 25.3. The third kappa shape index (κ3) is 6.09. The number of pyridine rings is 1. The lowest BCUT2D eigenvalue weighted by Crippen LogP contribution is -2.19. The molecule has 3 N–H and O–H groups in total. The molecule has 8 nitrogen and oxygen atoms in total. The summed E-state index contributed by atoms with van der Waals surface area (Å²) in [5.41, 5.74) is 4.28. The number of fused-ring (bicyclic) bond motifs is 1. The Morgan fingerprint density at radius 3 is 2.33 bits per heavy atom. The second-order valence-corrected chi connectivity index (χ2v) is 7.97. The van der Waals surface area contributed by atoms with Gasteiger partial charge in [-0.3, -0.25) is 4.98 Å². The number of hydrogen-bond donors (Lipinski definition) is 3. The van der Waals surface area contributed by atoms with Gasteiger partial charge in [-0.2, -0.15) is 0 Å². The zero-order valence-corrected chi connectivity index (χ0v) is 20.2. The average Bonchev–Trinajstić information content (AvgIpc) is 2.90. The molecule has 1 heterocycles. The van der Waals surface area contributed by atoms with Crippen LogP contribution in [0.1, 0.15) is 22.8 Å². The number of hydrogen-bond acceptors (Lipinski definition) is 6. The summed E-state index contributed by atoms with van der Waals surface area (Å²) >= 11 is 0. The molecule has 0 fully saturated rings. The van der Waals surface area contributed by atoms with Gasteiger partial charge in [0, 0.05) is 35.6 Å². The summed E-state index contributed by atoms with van der Waals surface area (Å²) in [5.74, 6) is 0.269. The van der Waals surface area contributed by atoms with Gasteiger partial charge >= 0.3 is 12.0 Å². The van der Waals surface area contributed by atoms with Crippen molar-refractivity contribution in [1.29, 1.82) is 0 Å². The normalized spacial score (nSPS) is 10.5. The average molecular weight is 485 g/mol. The van der Waals surface area contributed by atoms with Crippen molar-refractivity contribution in [2.45, 2.75) is 13.3 Å². The lowest BCUT2D eigenvalue weighted by atomic mass is 10.1. The Labute approximate surface area is 209 Å². The molecule has 4 aromatic rings. The number of ether oxygens (including phenoxy) is 2. The Hall–Kier alpha value is -4.59. The quantitative estimate of drug-likeness (QED) is 0.263. The fourth-order valence-corrected chi connectivity index (χ4v) is 3.76. The fraction of sp³-hybridized carbons (Fsp3) is 0.179. The maximum absolute atomic E-state index is 12.5. The number of carbonyl (C=O) groups excluding carboxylic acids is 2. The van der Waals surface area contributed by atoms with Crippen LogP contribution in [0, 0.1) is 0 Å². The first-order valence-corrected chi connectivity index (χ1v) is 11.7. The first kappa shape index (κ1) is 24.5. The first-order valence-electron chi connectivity index (χ1n) is 11.7. The van der Waals surface area contributed by atoms with Crippen molar-refractivity contribution in [2.75, 3.05) is 36.2 Å². The van der Waals surface area contributed by atoms with Gasteiger partial charge in [0.05, 0.1) is 24.9 Å². The molecule has 1 aromatic heterocycles. The van der Waals surface area contributed by atoms with Gasteiger partial charge in [0.15, 0.2) is 0 Å². The molecule has 3 aromatic carbocycles. The number of urea groups is 1. The molecule has 8 heteroatoms. The first-order chi connectivity index (χ1) is 17.6. The molecule has 4 rings (SSSR count). The van der Waals surface area contributed by atoms with Gasteiger partial charge in [0.1, 0.15) is 11.3 Å². The number of anilines is 3. The van der Waals surface area contributed by atoms with Crippen LogP contribution in [-0.2, 0) is 11.2 Å². The van der Waals surface area contributed by atoms with Crippen molar-refractivity contribution in [3.05, 3.63) is 90.1 Å². The van der Waals surface area contributed by atoms with E-state index in [1.54, 1.807) is 14.0 Å². The Morgan fingerprint density at radius 1 is 0.917 bits per heavy atom. The van der Waals surface area contributed by atoms with Crippen LogP contribution in [-0.4, -0.2) is 37.2 Å². The summed E-state index contributed by atoms with van der Waals surface area (Å²) in [7, 11) is 1.60. The zero-order valence-electron chi connectivity index (χ0n) is 20.2. The maximum Gasteiger partial charge on any atom is 0.341 e. The highest BCUT2D eigenvalue weighted by atomic mass is 16.5. The SMILES string of the molecule is CCOC(=O)c1cnc2cc(OC)ccc2c1NCCc1ccc(NC(=O)Nc2ccccc2)cc1. The lowest BCUT2D eigenvalue weighted by Gasteiger charge is -2.15. The highest BCUT2D eigenvalue weighted by Crippen LogP contribution is 2.29. The van der Waals surface area contributed by atoms with Crippen molar-refractivity contribution in [2.24, 2.45) is 0 Å². The smallest absolute Gasteiger partial charge is 0.341 e. The number of para-hydroxylation sites is 1. The fourth-order valence-electron chi connectivity index (χ4n) is 3.76. The number of nitrogens with one attached hydrogen (secondary N) is 3. The molecular weight excluding hydrogens is 456 g/mol. The highest BCUT2D eigenvalue weighted by Gasteiger charge is 2.17. The van der Waals surface area contributed by atoms with Gasteiger partial charge in [0.2, 0.25) is 0 Å². The van der Waals surface area contributed by atoms with Crippen LogP contribution >= 0.6 is 0 Å². The summed E-state index contributed by atoms with van der Waals surface area (Å²) in [5, 5.41) is 9.82. The molecule has 0 radical (unpaired) electrons. The molecule has 36 heavy (non-hydrogen) atoms. The Morgan fingerprint density at radius 2 is 1.64 bits per heavy atom. The largest absolute Gasteiger partial charge is 0.497 e. The highest BCUT2D eigenvalue weighted by molar-refractivity contribution is 6.05. The van der Waals surface area contributed by atoms with Crippen molar-refractivity contribution in [1.82, 2.24) is 4.98 Å². The monoisotopic (exact) mass is 484 g/mol. The van der Waals surface area contributed by atoms with Crippen molar-refractivity contribution >= 4 is 40.0 Å². The molecule has 0 saturated heterocycles. The number of carbonyl (C=O) groups is 2. The molecule has 0 unspecified atom stereocenters. The Bertz CT molecular complexity index is 1340. The molecular formula is C28H28N4O4. The second kappa shape index (κ2) is 11.7. The van der Waals surface area contributed by atoms with Crippen LogP contribution in [0.25, 0.3) is 10.9 Å². The van der Waals surface area contributed by atoms with Crippen LogP contribution in [0.2, 0.25) is 0 Å². The molecule has 0 spiro atoms. The molecule has 184 valence electrons. The topological polar surface area (TPSA) is 102 Å². The lowest BCUT2D eigenvalue weighted by molar-refractivity contribution is 0.0527. The Balaban J connectivity index is 1.41. The second-order valence-electron chi connectivity index (χ2n) is 7.97. The third-order valence-electron chi connectivity index (χ3n) is 5.53. The number of benzene rings is 3. The molecule has 0 aliphatic heterocycles. The summed E-state index contributed by atoms with van der Waals surface area (Å²) in [6, 6.07) is 22.1. The van der Waals surface area contributed by atoms with Crippen LogP contribution in [0.4, 0.5) is 21.9 Å². The van der Waals surface area contributed by atoms with Crippen molar-refractivity contribution in [3.63, 3.8) is 0 Å². The number of aromatic nitrogens is 1.